The van der Waals surface area contributed by atoms with Gasteiger partial charge in [0.15, 0.2) is 6.20 Å². The first-order valence-electron chi connectivity index (χ1n) is 14.1. The predicted octanol–water partition coefficient (Wildman–Crippen LogP) is 9.57. The molecule has 0 radical (unpaired) electrons. The molecule has 7 rings (SSSR count). The van der Waals surface area contributed by atoms with Gasteiger partial charge in [0.1, 0.15) is 18.2 Å². The molecule has 0 saturated carbocycles. The van der Waals surface area contributed by atoms with E-state index in [1.165, 1.54) is 16.7 Å². The highest BCUT2D eigenvalue weighted by Crippen LogP contribution is 2.42. The van der Waals surface area contributed by atoms with Gasteiger partial charge in [-0.25, -0.2) is 4.57 Å². The largest absolute Gasteiger partial charge is 0.454 e. The summed E-state index contributed by atoms with van der Waals surface area (Å²) in [7, 11) is 2.09. The fourth-order valence-electron chi connectivity index (χ4n) is 6.12. The zero-order valence-electron chi connectivity index (χ0n) is 23.8. The van der Waals surface area contributed by atoms with E-state index in [2.05, 4.69) is 117 Å². The number of aromatic nitrogens is 1. The van der Waals surface area contributed by atoms with Crippen molar-refractivity contribution in [1.82, 2.24) is 0 Å². The Morgan fingerprint density at radius 1 is 0.595 bits per heavy atom. The topological polar surface area (TPSA) is 40.8 Å². The maximum Gasteiger partial charge on any atom is 0.216 e. The summed E-state index contributed by atoms with van der Waals surface area (Å²) in [5.41, 5.74) is 13.1. The molecule has 0 fully saturated rings. The van der Waals surface area contributed by atoms with Crippen molar-refractivity contribution in [2.45, 2.75) is 13.8 Å². The van der Waals surface area contributed by atoms with Crippen molar-refractivity contribution >= 4 is 21.9 Å². The molecule has 2 heterocycles. The van der Waals surface area contributed by atoms with Crippen LogP contribution in [0.25, 0.3) is 66.6 Å². The molecule has 7 aromatic rings. The fourth-order valence-corrected chi connectivity index (χ4v) is 6.12. The average Bonchev–Trinajstić information content (AvgIpc) is 3.40. The number of nitrogens with zero attached hydrogens (tertiary/aromatic N) is 2. The summed E-state index contributed by atoms with van der Waals surface area (Å²) in [4.78, 5) is 0. The molecular formula is C39H29N2O+. The number of hydrogen-bond acceptors (Lipinski definition) is 2. The third-order valence-corrected chi connectivity index (χ3v) is 8.23. The molecule has 0 bridgehead atoms. The number of rotatable bonds is 4. The zero-order valence-corrected chi connectivity index (χ0v) is 23.8. The minimum atomic E-state index is 0.597. The first-order chi connectivity index (χ1) is 20.5. The van der Waals surface area contributed by atoms with Crippen molar-refractivity contribution in [3.8, 4) is 50.7 Å². The van der Waals surface area contributed by atoms with Crippen LogP contribution in [0.1, 0.15) is 16.7 Å². The van der Waals surface area contributed by atoms with Gasteiger partial charge in [0, 0.05) is 28.0 Å². The predicted molar refractivity (Wildman–Crippen MR) is 171 cm³/mol. The van der Waals surface area contributed by atoms with E-state index >= 15 is 0 Å². The monoisotopic (exact) mass is 541 g/mol. The maximum atomic E-state index is 10.1. The molecule has 0 aliphatic rings. The van der Waals surface area contributed by atoms with Crippen molar-refractivity contribution in [2.24, 2.45) is 7.05 Å². The highest BCUT2D eigenvalue weighted by atomic mass is 16.3. The summed E-state index contributed by atoms with van der Waals surface area (Å²) in [6, 6.07) is 42.1. The van der Waals surface area contributed by atoms with Crippen molar-refractivity contribution in [3.05, 3.63) is 138 Å². The summed E-state index contributed by atoms with van der Waals surface area (Å²) < 4.78 is 9.01. The number of benzene rings is 5. The third-order valence-electron chi connectivity index (χ3n) is 8.23. The molecule has 0 aliphatic heterocycles. The van der Waals surface area contributed by atoms with Gasteiger partial charge in [0.25, 0.3) is 0 Å². The van der Waals surface area contributed by atoms with Gasteiger partial charge in [-0.15, -0.1) is 0 Å². The maximum absolute atomic E-state index is 10.1. The van der Waals surface area contributed by atoms with E-state index in [9.17, 15) is 5.26 Å². The lowest BCUT2D eigenvalue weighted by molar-refractivity contribution is -0.660. The Labute approximate surface area is 245 Å². The molecule has 0 spiro atoms. The second-order valence-electron chi connectivity index (χ2n) is 10.9. The number of furan rings is 1. The van der Waals surface area contributed by atoms with Gasteiger partial charge in [0.05, 0.1) is 17.2 Å². The summed E-state index contributed by atoms with van der Waals surface area (Å²) in [5, 5.41) is 12.2. The fraction of sp³-hybridized carbons (Fsp3) is 0.0769. The van der Waals surface area contributed by atoms with Crippen LogP contribution in [0, 0.1) is 25.2 Å². The van der Waals surface area contributed by atoms with Gasteiger partial charge in [-0.1, -0.05) is 97.1 Å². The Morgan fingerprint density at radius 2 is 1.17 bits per heavy atom. The summed E-state index contributed by atoms with van der Waals surface area (Å²) in [5.74, 6) is 0. The molecule has 0 atom stereocenters. The molecule has 3 heteroatoms. The minimum absolute atomic E-state index is 0.597. The lowest BCUT2D eigenvalue weighted by Crippen LogP contribution is -2.31. The van der Waals surface area contributed by atoms with Gasteiger partial charge in [-0.3, -0.25) is 0 Å². The Hall–Kier alpha value is -5.46. The van der Waals surface area contributed by atoms with E-state index in [1.54, 1.807) is 0 Å². The van der Waals surface area contributed by atoms with E-state index in [1.807, 2.05) is 36.4 Å². The summed E-state index contributed by atoms with van der Waals surface area (Å²) in [6.45, 7) is 4.29. The van der Waals surface area contributed by atoms with Crippen LogP contribution < -0.4 is 4.57 Å². The number of aryl methyl sites for hydroxylation is 3. The van der Waals surface area contributed by atoms with Crippen LogP contribution in [0.2, 0.25) is 0 Å². The molecule has 0 N–H and O–H groups in total. The smallest absolute Gasteiger partial charge is 0.216 e. The molecule has 2 aromatic heterocycles. The van der Waals surface area contributed by atoms with Crippen LogP contribution in [-0.2, 0) is 7.05 Å². The quantitative estimate of drug-likeness (QED) is 0.208. The minimum Gasteiger partial charge on any atom is -0.454 e. The van der Waals surface area contributed by atoms with Gasteiger partial charge in [-0.05, 0) is 59.4 Å². The molecule has 3 nitrogen and oxygen atoms in total. The molecule has 42 heavy (non-hydrogen) atoms. The van der Waals surface area contributed by atoms with Gasteiger partial charge >= 0.3 is 0 Å². The number of fused-ring (bicyclic) bond motifs is 3. The molecular weight excluding hydrogens is 512 g/mol. The van der Waals surface area contributed by atoms with Crippen molar-refractivity contribution < 1.29 is 8.98 Å². The Kier molecular flexibility index (Phi) is 6.18. The van der Waals surface area contributed by atoms with Crippen LogP contribution in [0.5, 0.6) is 0 Å². The summed E-state index contributed by atoms with van der Waals surface area (Å²) >= 11 is 0. The Morgan fingerprint density at radius 3 is 1.83 bits per heavy atom. The summed E-state index contributed by atoms with van der Waals surface area (Å²) in [6.07, 6.45) is 2.19. The normalized spacial score (nSPS) is 11.2. The lowest BCUT2D eigenvalue weighted by atomic mass is 9.94. The standard InChI is InChI=1S/C39H29N2O/c1-25-14-20-32-33-21-19-31(23-40)37(30-17-15-28(16-18-30)27-10-6-4-7-11-27)39(33)42-38(32)36(25)35-22-34(26(2)24-41(35)3)29-12-8-5-9-13-29/h4-22,24H,1-3H3/q+1. The SMILES string of the molecule is Cc1c[n+](C)c(-c2c(C)ccc3c2oc2c(-c4ccc(-c5ccccc5)cc4)c(C#N)ccc23)cc1-c1ccccc1. The number of nitriles is 1. The average molecular weight is 542 g/mol. The molecule has 0 amide bonds. The molecule has 5 aromatic carbocycles. The van der Waals surface area contributed by atoms with Gasteiger partial charge in [0.2, 0.25) is 5.69 Å². The van der Waals surface area contributed by atoms with E-state index in [0.29, 0.717) is 5.56 Å². The number of pyridine rings is 1. The third kappa shape index (κ3) is 4.17. The second-order valence-corrected chi connectivity index (χ2v) is 10.9. The Balaban J connectivity index is 1.46. The van der Waals surface area contributed by atoms with E-state index in [-0.39, 0.29) is 0 Å². The lowest BCUT2D eigenvalue weighted by Gasteiger charge is -2.10. The van der Waals surface area contributed by atoms with E-state index in [4.69, 9.17) is 4.42 Å². The van der Waals surface area contributed by atoms with Gasteiger partial charge in [-0.2, -0.15) is 5.26 Å². The van der Waals surface area contributed by atoms with Crippen molar-refractivity contribution in [2.75, 3.05) is 0 Å². The Bertz CT molecular complexity index is 2150. The van der Waals surface area contributed by atoms with Crippen LogP contribution >= 0.6 is 0 Å². The van der Waals surface area contributed by atoms with Crippen LogP contribution in [0.3, 0.4) is 0 Å². The first kappa shape index (κ1) is 25.5. The highest BCUT2D eigenvalue weighted by molar-refractivity contribution is 6.14. The molecule has 0 unspecified atom stereocenters. The van der Waals surface area contributed by atoms with Crippen LogP contribution in [0.4, 0.5) is 0 Å². The van der Waals surface area contributed by atoms with Crippen LogP contribution in [0.15, 0.2) is 126 Å². The van der Waals surface area contributed by atoms with Crippen molar-refractivity contribution in [1.29, 1.82) is 5.26 Å². The van der Waals surface area contributed by atoms with Crippen LogP contribution in [-0.4, -0.2) is 0 Å². The molecule has 0 aliphatic carbocycles. The van der Waals surface area contributed by atoms with E-state index < -0.39 is 0 Å². The second kappa shape index (κ2) is 10.2. The van der Waals surface area contributed by atoms with Crippen molar-refractivity contribution in [3.63, 3.8) is 0 Å². The first-order valence-corrected chi connectivity index (χ1v) is 14.1. The zero-order chi connectivity index (χ0) is 28.8. The number of hydrogen-bond donors (Lipinski definition) is 0. The highest BCUT2D eigenvalue weighted by Gasteiger charge is 2.24. The van der Waals surface area contributed by atoms with Gasteiger partial charge < -0.3 is 4.42 Å². The molecule has 200 valence electrons. The molecule has 0 saturated heterocycles. The van der Waals surface area contributed by atoms with E-state index in [0.717, 1.165) is 61.0 Å².